The van der Waals surface area contributed by atoms with Crippen LogP contribution in [0.1, 0.15) is 36.3 Å². The Labute approximate surface area is 114 Å². The van der Waals surface area contributed by atoms with E-state index in [4.69, 9.17) is 0 Å². The Morgan fingerprint density at radius 2 is 1.68 bits per heavy atom. The van der Waals surface area contributed by atoms with Crippen LogP contribution in [0.2, 0.25) is 0 Å². The van der Waals surface area contributed by atoms with Gasteiger partial charge in [-0.25, -0.2) is 0 Å². The van der Waals surface area contributed by atoms with Crippen molar-refractivity contribution >= 4 is 0 Å². The molecular weight excluding hydrogens is 232 g/mol. The van der Waals surface area contributed by atoms with Crippen molar-refractivity contribution in [3.05, 3.63) is 72.3 Å². The van der Waals surface area contributed by atoms with E-state index in [0.29, 0.717) is 11.8 Å². The minimum atomic E-state index is 0.374. The minimum absolute atomic E-state index is 0.374. The number of rotatable bonds is 3. The molecule has 3 rings (SSSR count). The predicted molar refractivity (Wildman–Crippen MR) is 76.8 cm³/mol. The smallest absolute Gasteiger partial charge is 0.0306 e. The second-order valence-corrected chi connectivity index (χ2v) is 5.07. The lowest BCUT2D eigenvalue weighted by Crippen LogP contribution is -2.15. The van der Waals surface area contributed by atoms with E-state index < -0.39 is 0 Å². The average molecular weight is 250 g/mol. The molecule has 19 heavy (non-hydrogen) atoms. The number of hydrogen-bond acceptors (Lipinski definition) is 2. The van der Waals surface area contributed by atoms with Crippen LogP contribution in [-0.2, 0) is 0 Å². The molecular formula is C17H18N2. The van der Waals surface area contributed by atoms with Crippen molar-refractivity contribution in [3.63, 3.8) is 0 Å². The van der Waals surface area contributed by atoms with Crippen LogP contribution in [0.15, 0.2) is 61.2 Å². The third-order valence-corrected chi connectivity index (χ3v) is 3.81. The topological polar surface area (TPSA) is 25.8 Å². The molecule has 2 aromatic heterocycles. The van der Waals surface area contributed by atoms with E-state index in [2.05, 4.69) is 34.3 Å². The van der Waals surface area contributed by atoms with Gasteiger partial charge in [0, 0.05) is 30.7 Å². The van der Waals surface area contributed by atoms with Crippen molar-refractivity contribution in [3.8, 4) is 0 Å². The summed E-state index contributed by atoms with van der Waals surface area (Å²) in [6.07, 6.45) is 16.1. The fraction of sp³-hybridized carbons (Fsp3) is 0.294. The van der Waals surface area contributed by atoms with E-state index in [0.717, 1.165) is 0 Å². The normalized spacial score (nSPS) is 18.7. The fourth-order valence-electron chi connectivity index (χ4n) is 2.92. The van der Waals surface area contributed by atoms with E-state index in [1.54, 1.807) is 0 Å². The zero-order valence-electron chi connectivity index (χ0n) is 10.9. The van der Waals surface area contributed by atoms with Crippen molar-refractivity contribution in [1.82, 2.24) is 9.97 Å². The molecule has 0 amide bonds. The van der Waals surface area contributed by atoms with E-state index >= 15 is 0 Å². The third-order valence-electron chi connectivity index (χ3n) is 3.81. The largest absolute Gasteiger partial charge is 0.264 e. The van der Waals surface area contributed by atoms with Crippen LogP contribution in [0.4, 0.5) is 0 Å². The molecule has 2 nitrogen and oxygen atoms in total. The highest BCUT2D eigenvalue weighted by molar-refractivity contribution is 5.31. The van der Waals surface area contributed by atoms with Gasteiger partial charge in [-0.1, -0.05) is 24.3 Å². The number of hydrogen-bond donors (Lipinski definition) is 0. The zero-order chi connectivity index (χ0) is 12.9. The van der Waals surface area contributed by atoms with Gasteiger partial charge in [0.15, 0.2) is 0 Å². The van der Waals surface area contributed by atoms with E-state index in [-0.39, 0.29) is 0 Å². The average Bonchev–Trinajstić information content (AvgIpc) is 2.51. The van der Waals surface area contributed by atoms with Crippen LogP contribution in [-0.4, -0.2) is 9.97 Å². The van der Waals surface area contributed by atoms with Gasteiger partial charge in [-0.05, 0) is 48.4 Å². The molecule has 0 bridgehead atoms. The maximum absolute atomic E-state index is 4.28. The first-order chi connectivity index (χ1) is 9.45. The predicted octanol–water partition coefficient (Wildman–Crippen LogP) is 3.96. The molecule has 0 radical (unpaired) electrons. The van der Waals surface area contributed by atoms with Gasteiger partial charge in [0.2, 0.25) is 0 Å². The molecule has 2 heterocycles. The Morgan fingerprint density at radius 3 is 2.16 bits per heavy atom. The molecule has 0 fully saturated rings. The summed E-state index contributed by atoms with van der Waals surface area (Å²) >= 11 is 0. The number of pyridine rings is 2. The van der Waals surface area contributed by atoms with Gasteiger partial charge in [-0.15, -0.1) is 0 Å². The van der Waals surface area contributed by atoms with Gasteiger partial charge in [-0.3, -0.25) is 9.97 Å². The highest BCUT2D eigenvalue weighted by Crippen LogP contribution is 2.36. The molecule has 0 spiro atoms. The number of nitrogens with zero attached hydrogens (tertiary/aromatic N) is 2. The summed E-state index contributed by atoms with van der Waals surface area (Å²) in [7, 11) is 0. The second kappa shape index (κ2) is 5.79. The van der Waals surface area contributed by atoms with Crippen LogP contribution in [0, 0.1) is 5.92 Å². The summed E-state index contributed by atoms with van der Waals surface area (Å²) < 4.78 is 0. The van der Waals surface area contributed by atoms with Gasteiger partial charge < -0.3 is 0 Å². The minimum Gasteiger partial charge on any atom is -0.264 e. The standard InChI is InChI=1S/C17H18N2/c1-2-6-14(7-3-1)17(15-8-4-10-18-12-15)16-9-5-11-19-13-16/h2,4-6,8-14,17H,1,3,7H2. The first-order valence-electron chi connectivity index (χ1n) is 6.91. The molecule has 1 atom stereocenters. The molecule has 1 aliphatic carbocycles. The summed E-state index contributed by atoms with van der Waals surface area (Å²) in [5, 5.41) is 0. The Hall–Kier alpha value is -1.96. The fourth-order valence-corrected chi connectivity index (χ4v) is 2.92. The van der Waals surface area contributed by atoms with Crippen molar-refractivity contribution in [2.75, 3.05) is 0 Å². The van der Waals surface area contributed by atoms with Gasteiger partial charge in [0.05, 0.1) is 0 Å². The molecule has 0 saturated carbocycles. The van der Waals surface area contributed by atoms with Crippen LogP contribution in [0.5, 0.6) is 0 Å². The highest BCUT2D eigenvalue weighted by Gasteiger charge is 2.24. The maximum Gasteiger partial charge on any atom is 0.0306 e. The molecule has 0 saturated heterocycles. The summed E-state index contributed by atoms with van der Waals surface area (Å²) in [6.45, 7) is 0. The van der Waals surface area contributed by atoms with Gasteiger partial charge in [0.1, 0.15) is 0 Å². The van der Waals surface area contributed by atoms with Crippen LogP contribution < -0.4 is 0 Å². The van der Waals surface area contributed by atoms with Crippen molar-refractivity contribution in [1.29, 1.82) is 0 Å². The van der Waals surface area contributed by atoms with E-state index in [9.17, 15) is 0 Å². The van der Waals surface area contributed by atoms with Crippen LogP contribution in [0.3, 0.4) is 0 Å². The Kier molecular flexibility index (Phi) is 3.68. The maximum atomic E-state index is 4.28. The Bertz CT molecular complexity index is 494. The van der Waals surface area contributed by atoms with Crippen molar-refractivity contribution in [2.24, 2.45) is 5.92 Å². The van der Waals surface area contributed by atoms with Gasteiger partial charge in [0.25, 0.3) is 0 Å². The number of aromatic nitrogens is 2. The number of allylic oxidation sites excluding steroid dienone is 2. The molecule has 96 valence electrons. The molecule has 0 aliphatic heterocycles. The summed E-state index contributed by atoms with van der Waals surface area (Å²) in [5.41, 5.74) is 2.57. The lowest BCUT2D eigenvalue weighted by atomic mass is 9.77. The summed E-state index contributed by atoms with van der Waals surface area (Å²) in [4.78, 5) is 8.56. The first-order valence-corrected chi connectivity index (χ1v) is 6.91. The van der Waals surface area contributed by atoms with Crippen molar-refractivity contribution < 1.29 is 0 Å². The van der Waals surface area contributed by atoms with Gasteiger partial charge >= 0.3 is 0 Å². The quantitative estimate of drug-likeness (QED) is 0.770. The Morgan fingerprint density at radius 1 is 1.00 bits per heavy atom. The molecule has 1 aliphatic rings. The highest BCUT2D eigenvalue weighted by atomic mass is 14.6. The molecule has 2 aromatic rings. The van der Waals surface area contributed by atoms with E-state index in [1.807, 2.05) is 36.9 Å². The SMILES string of the molecule is C1=CC(C(c2cccnc2)c2cccnc2)CCC1. The molecule has 0 aromatic carbocycles. The van der Waals surface area contributed by atoms with E-state index in [1.165, 1.54) is 30.4 Å². The monoisotopic (exact) mass is 250 g/mol. The van der Waals surface area contributed by atoms with Crippen molar-refractivity contribution in [2.45, 2.75) is 25.2 Å². The summed E-state index contributed by atoms with van der Waals surface area (Å²) in [5.74, 6) is 0.932. The second-order valence-electron chi connectivity index (χ2n) is 5.07. The third kappa shape index (κ3) is 2.73. The van der Waals surface area contributed by atoms with Crippen LogP contribution >= 0.6 is 0 Å². The summed E-state index contributed by atoms with van der Waals surface area (Å²) in [6, 6.07) is 8.39. The molecule has 0 N–H and O–H groups in total. The molecule has 1 unspecified atom stereocenters. The first kappa shape index (κ1) is 12.1. The Balaban J connectivity index is 2.01. The van der Waals surface area contributed by atoms with Gasteiger partial charge in [-0.2, -0.15) is 0 Å². The lowest BCUT2D eigenvalue weighted by molar-refractivity contribution is 0.487. The molecule has 2 heteroatoms. The zero-order valence-corrected chi connectivity index (χ0v) is 10.9. The van der Waals surface area contributed by atoms with Crippen LogP contribution in [0.25, 0.3) is 0 Å². The lowest BCUT2D eigenvalue weighted by Gasteiger charge is -2.27.